The number of hydrogen-bond donors (Lipinski definition) is 3. The van der Waals surface area contributed by atoms with Gasteiger partial charge in [-0.1, -0.05) is 37.1 Å². The molecule has 1 atom stereocenters. The number of hydrogen-bond acceptors (Lipinski definition) is 3. The van der Waals surface area contributed by atoms with Gasteiger partial charge in [-0.15, -0.1) is 0 Å². The number of nitrogens with one attached hydrogen (secondary N) is 2. The minimum absolute atomic E-state index is 0.204. The number of carbonyl (C=O) groups excluding carboxylic acids is 1. The molecule has 0 spiro atoms. The van der Waals surface area contributed by atoms with Crippen LogP contribution in [0.3, 0.4) is 0 Å². The molecular weight excluding hydrogens is 292 g/mol. The Kier molecular flexibility index (Phi) is 7.36. The van der Waals surface area contributed by atoms with Crippen molar-refractivity contribution in [3.05, 3.63) is 35.4 Å². The van der Waals surface area contributed by atoms with Gasteiger partial charge >= 0.3 is 6.03 Å². The number of carbonyl (C=O) groups is 1. The van der Waals surface area contributed by atoms with Crippen molar-refractivity contribution in [2.45, 2.75) is 51.2 Å². The van der Waals surface area contributed by atoms with Crippen LogP contribution in [0.5, 0.6) is 0 Å². The van der Waals surface area contributed by atoms with Crippen LogP contribution in [0, 0.1) is 6.92 Å². The zero-order chi connectivity index (χ0) is 16.5. The van der Waals surface area contributed by atoms with Gasteiger partial charge in [-0.3, -0.25) is 0 Å². The standard InChI is InChI=1S/C18H28N2O3/c1-14-7-2-5-10-16(14)17(21)13-20-18(22)19-11-6-12-23-15-8-3-4-9-15/h2,5,7,10,15,17,21H,3-4,6,8-9,11-13H2,1H3,(H2,19,20,22). The molecule has 128 valence electrons. The molecule has 1 aromatic carbocycles. The topological polar surface area (TPSA) is 70.6 Å². The summed E-state index contributed by atoms with van der Waals surface area (Å²) in [5.74, 6) is 0. The summed E-state index contributed by atoms with van der Waals surface area (Å²) in [7, 11) is 0. The molecule has 0 radical (unpaired) electrons. The van der Waals surface area contributed by atoms with Gasteiger partial charge in [0.2, 0.25) is 0 Å². The lowest BCUT2D eigenvalue weighted by molar-refractivity contribution is 0.0571. The maximum absolute atomic E-state index is 11.7. The van der Waals surface area contributed by atoms with E-state index < -0.39 is 6.10 Å². The number of rotatable bonds is 8. The number of ether oxygens (including phenoxy) is 1. The Morgan fingerprint density at radius 3 is 2.78 bits per heavy atom. The van der Waals surface area contributed by atoms with Crippen LogP contribution in [0.1, 0.15) is 49.3 Å². The highest BCUT2D eigenvalue weighted by molar-refractivity contribution is 5.73. The molecule has 3 N–H and O–H groups in total. The van der Waals surface area contributed by atoms with Crippen molar-refractivity contribution in [1.29, 1.82) is 0 Å². The van der Waals surface area contributed by atoms with Crippen LogP contribution in [0.2, 0.25) is 0 Å². The fourth-order valence-corrected chi connectivity index (χ4v) is 2.90. The summed E-state index contributed by atoms with van der Waals surface area (Å²) in [5.41, 5.74) is 1.86. The third-order valence-corrected chi connectivity index (χ3v) is 4.27. The molecule has 1 saturated carbocycles. The van der Waals surface area contributed by atoms with Crippen molar-refractivity contribution in [1.82, 2.24) is 10.6 Å². The van der Waals surface area contributed by atoms with E-state index in [4.69, 9.17) is 4.74 Å². The zero-order valence-corrected chi connectivity index (χ0v) is 13.9. The number of aliphatic hydroxyl groups excluding tert-OH is 1. The van der Waals surface area contributed by atoms with Crippen LogP contribution >= 0.6 is 0 Å². The summed E-state index contributed by atoms with van der Waals surface area (Å²) in [4.78, 5) is 11.7. The molecule has 5 heteroatoms. The van der Waals surface area contributed by atoms with Gasteiger partial charge in [0.1, 0.15) is 0 Å². The minimum Gasteiger partial charge on any atom is -0.387 e. The van der Waals surface area contributed by atoms with Gasteiger partial charge in [0.25, 0.3) is 0 Å². The van der Waals surface area contributed by atoms with E-state index >= 15 is 0 Å². The first kappa shape index (κ1) is 17.8. The number of aryl methyl sites for hydroxylation is 1. The maximum atomic E-state index is 11.7. The lowest BCUT2D eigenvalue weighted by Gasteiger charge is -2.15. The predicted molar refractivity (Wildman–Crippen MR) is 90.4 cm³/mol. The Bertz CT molecular complexity index is 487. The quantitative estimate of drug-likeness (QED) is 0.645. The van der Waals surface area contributed by atoms with Gasteiger partial charge in [0, 0.05) is 19.7 Å². The van der Waals surface area contributed by atoms with Crippen molar-refractivity contribution in [3.8, 4) is 0 Å². The Hall–Kier alpha value is -1.59. The van der Waals surface area contributed by atoms with Crippen LogP contribution in [0.4, 0.5) is 4.79 Å². The summed E-state index contributed by atoms with van der Waals surface area (Å²) in [6, 6.07) is 7.39. The molecule has 0 saturated heterocycles. The summed E-state index contributed by atoms with van der Waals surface area (Å²) >= 11 is 0. The number of amides is 2. The molecule has 23 heavy (non-hydrogen) atoms. The van der Waals surface area contributed by atoms with E-state index in [0.717, 1.165) is 17.5 Å². The van der Waals surface area contributed by atoms with E-state index in [2.05, 4.69) is 10.6 Å². The van der Waals surface area contributed by atoms with Crippen molar-refractivity contribution >= 4 is 6.03 Å². The number of benzene rings is 1. The maximum Gasteiger partial charge on any atom is 0.314 e. The van der Waals surface area contributed by atoms with E-state index in [-0.39, 0.29) is 12.6 Å². The fourth-order valence-electron chi connectivity index (χ4n) is 2.90. The molecule has 1 fully saturated rings. The molecular formula is C18H28N2O3. The van der Waals surface area contributed by atoms with Crippen LogP contribution in [-0.2, 0) is 4.74 Å². The van der Waals surface area contributed by atoms with Gasteiger partial charge in [0.15, 0.2) is 0 Å². The summed E-state index contributed by atoms with van der Waals surface area (Å²) < 4.78 is 5.74. The van der Waals surface area contributed by atoms with Crippen molar-refractivity contribution < 1.29 is 14.6 Å². The smallest absolute Gasteiger partial charge is 0.314 e. The van der Waals surface area contributed by atoms with Gasteiger partial charge < -0.3 is 20.5 Å². The van der Waals surface area contributed by atoms with E-state index in [1.54, 1.807) is 0 Å². The minimum atomic E-state index is -0.687. The number of urea groups is 1. The average Bonchev–Trinajstić information content (AvgIpc) is 3.06. The van der Waals surface area contributed by atoms with Crippen molar-refractivity contribution in [2.75, 3.05) is 19.7 Å². The highest BCUT2D eigenvalue weighted by Gasteiger charge is 2.14. The first-order valence-electron chi connectivity index (χ1n) is 8.53. The Morgan fingerprint density at radius 1 is 1.30 bits per heavy atom. The van der Waals surface area contributed by atoms with Gasteiger partial charge in [-0.05, 0) is 37.3 Å². The monoisotopic (exact) mass is 320 g/mol. The van der Waals surface area contributed by atoms with Crippen molar-refractivity contribution in [2.24, 2.45) is 0 Å². The average molecular weight is 320 g/mol. The lowest BCUT2D eigenvalue weighted by atomic mass is 10.0. The van der Waals surface area contributed by atoms with E-state index in [9.17, 15) is 9.90 Å². The summed E-state index contributed by atoms with van der Waals surface area (Å²) in [6.45, 7) is 3.42. The largest absolute Gasteiger partial charge is 0.387 e. The van der Waals surface area contributed by atoms with E-state index in [1.165, 1.54) is 25.7 Å². The molecule has 0 aliphatic heterocycles. The van der Waals surface area contributed by atoms with E-state index in [1.807, 2.05) is 31.2 Å². The van der Waals surface area contributed by atoms with Crippen LogP contribution in [0.25, 0.3) is 0 Å². The highest BCUT2D eigenvalue weighted by atomic mass is 16.5. The molecule has 1 aromatic rings. The Labute approximate surface area is 138 Å². The normalized spacial score (nSPS) is 16.3. The summed E-state index contributed by atoms with van der Waals surface area (Å²) in [5, 5.41) is 15.6. The molecule has 5 nitrogen and oxygen atoms in total. The van der Waals surface area contributed by atoms with Gasteiger partial charge in [-0.25, -0.2) is 4.79 Å². The summed E-state index contributed by atoms with van der Waals surface area (Å²) in [6.07, 6.45) is 5.43. The Balaban J connectivity index is 1.55. The third kappa shape index (κ3) is 6.20. The fraction of sp³-hybridized carbons (Fsp3) is 0.611. The second kappa shape index (κ2) is 9.53. The first-order chi connectivity index (χ1) is 11.2. The zero-order valence-electron chi connectivity index (χ0n) is 13.9. The lowest BCUT2D eigenvalue weighted by Crippen LogP contribution is -2.38. The molecule has 1 aliphatic carbocycles. The third-order valence-electron chi connectivity index (χ3n) is 4.27. The van der Waals surface area contributed by atoms with Crippen molar-refractivity contribution in [3.63, 3.8) is 0 Å². The first-order valence-corrected chi connectivity index (χ1v) is 8.53. The highest BCUT2D eigenvalue weighted by Crippen LogP contribution is 2.20. The predicted octanol–water partition coefficient (Wildman–Crippen LogP) is 2.68. The van der Waals surface area contributed by atoms with E-state index in [0.29, 0.717) is 19.3 Å². The molecule has 1 aliphatic rings. The molecule has 1 unspecified atom stereocenters. The molecule has 0 aromatic heterocycles. The second-order valence-corrected chi connectivity index (χ2v) is 6.14. The van der Waals surface area contributed by atoms with Crippen LogP contribution in [0.15, 0.2) is 24.3 Å². The molecule has 2 amide bonds. The molecule has 2 rings (SSSR count). The molecule has 0 heterocycles. The Morgan fingerprint density at radius 2 is 2.04 bits per heavy atom. The van der Waals surface area contributed by atoms with Crippen LogP contribution in [-0.4, -0.2) is 36.9 Å². The number of aliphatic hydroxyl groups is 1. The van der Waals surface area contributed by atoms with Gasteiger partial charge in [0.05, 0.1) is 12.2 Å². The van der Waals surface area contributed by atoms with Gasteiger partial charge in [-0.2, -0.15) is 0 Å². The molecule has 0 bridgehead atoms. The SMILES string of the molecule is Cc1ccccc1C(O)CNC(=O)NCCCOC1CCCC1. The second-order valence-electron chi connectivity index (χ2n) is 6.14. The van der Waals surface area contributed by atoms with Crippen LogP contribution < -0.4 is 10.6 Å².